The van der Waals surface area contributed by atoms with Crippen molar-refractivity contribution >= 4 is 23.4 Å². The minimum atomic E-state index is -1.07. The number of anilines is 2. The van der Waals surface area contributed by atoms with Gasteiger partial charge in [0.15, 0.2) is 5.82 Å². The fourth-order valence-corrected chi connectivity index (χ4v) is 2.47. The van der Waals surface area contributed by atoms with E-state index in [1.807, 2.05) is 11.8 Å². The molecule has 1 aliphatic rings. The predicted molar refractivity (Wildman–Crippen MR) is 74.3 cm³/mol. The lowest BCUT2D eigenvalue weighted by Crippen LogP contribution is -2.46. The third-order valence-corrected chi connectivity index (χ3v) is 3.70. The van der Waals surface area contributed by atoms with Gasteiger partial charge >= 0.3 is 5.97 Å². The molecule has 0 saturated carbocycles. The number of carboxylic acids is 1. The first kappa shape index (κ1) is 14.1. The molecular weight excluding hydrogens is 260 g/mol. The Hall–Kier alpha value is -2.31. The number of aromatic nitrogens is 1. The van der Waals surface area contributed by atoms with Crippen molar-refractivity contribution in [3.8, 4) is 0 Å². The van der Waals surface area contributed by atoms with E-state index in [-0.39, 0.29) is 23.4 Å². The van der Waals surface area contributed by atoms with Gasteiger partial charge in [-0.2, -0.15) is 0 Å². The summed E-state index contributed by atoms with van der Waals surface area (Å²) < 4.78 is 0. The quantitative estimate of drug-likeness (QED) is 0.737. The lowest BCUT2D eigenvalue weighted by Gasteiger charge is -2.38. The lowest BCUT2D eigenvalue weighted by atomic mass is 9.93. The first-order valence-electron chi connectivity index (χ1n) is 6.45. The average molecular weight is 278 g/mol. The zero-order valence-electron chi connectivity index (χ0n) is 11.2. The number of nitrogen functional groups attached to an aromatic ring is 1. The van der Waals surface area contributed by atoms with E-state index < -0.39 is 5.97 Å². The number of carboxylic acid groups (broad SMARTS) is 1. The number of carbonyl (C=O) groups excluding carboxylic acids is 1. The fraction of sp³-hybridized carbons (Fsp3) is 0.462. The molecular formula is C13H18N4O3. The number of hydrogen-bond donors (Lipinski definition) is 3. The maximum absolute atomic E-state index is 11.3. The molecule has 2 atom stereocenters. The van der Waals surface area contributed by atoms with Gasteiger partial charge in [0.25, 0.3) is 0 Å². The summed E-state index contributed by atoms with van der Waals surface area (Å²) in [4.78, 5) is 28.3. The highest BCUT2D eigenvalue weighted by atomic mass is 16.4. The van der Waals surface area contributed by atoms with Crippen molar-refractivity contribution in [3.05, 3.63) is 17.8 Å². The van der Waals surface area contributed by atoms with Crippen LogP contribution >= 0.6 is 0 Å². The molecule has 7 nitrogen and oxygen atoms in total. The number of amides is 1. The Balaban J connectivity index is 2.29. The van der Waals surface area contributed by atoms with Crippen molar-refractivity contribution in [2.24, 2.45) is 11.7 Å². The Morgan fingerprint density at radius 2 is 2.15 bits per heavy atom. The third kappa shape index (κ3) is 2.66. The summed E-state index contributed by atoms with van der Waals surface area (Å²) in [6, 6.07) is 1.56. The molecule has 108 valence electrons. The number of aromatic carboxylic acids is 1. The number of piperidine rings is 1. The minimum absolute atomic E-state index is 0.0439. The first-order chi connectivity index (χ1) is 9.40. The van der Waals surface area contributed by atoms with E-state index in [2.05, 4.69) is 4.98 Å². The summed E-state index contributed by atoms with van der Waals surface area (Å²) >= 11 is 0. The summed E-state index contributed by atoms with van der Waals surface area (Å²) in [6.45, 7) is 2.48. The molecule has 5 N–H and O–H groups in total. The highest BCUT2D eigenvalue weighted by molar-refractivity contribution is 5.89. The molecule has 2 unspecified atom stereocenters. The van der Waals surface area contributed by atoms with Gasteiger partial charge in [0.05, 0.1) is 17.2 Å². The van der Waals surface area contributed by atoms with Crippen LogP contribution in [0, 0.1) is 5.92 Å². The summed E-state index contributed by atoms with van der Waals surface area (Å²) in [5.74, 6) is -1.12. The van der Waals surface area contributed by atoms with Crippen LogP contribution in [0.3, 0.4) is 0 Å². The summed E-state index contributed by atoms with van der Waals surface area (Å²) in [5, 5.41) is 8.91. The van der Waals surface area contributed by atoms with Crippen molar-refractivity contribution in [1.29, 1.82) is 0 Å². The van der Waals surface area contributed by atoms with Crippen molar-refractivity contribution in [2.45, 2.75) is 25.8 Å². The Bertz CT molecular complexity index is 546. The van der Waals surface area contributed by atoms with E-state index in [0.29, 0.717) is 18.1 Å². The molecule has 1 aromatic heterocycles. The number of nitrogens with two attached hydrogens (primary N) is 2. The van der Waals surface area contributed by atoms with Crippen molar-refractivity contribution in [3.63, 3.8) is 0 Å². The molecule has 1 saturated heterocycles. The zero-order chi connectivity index (χ0) is 14.9. The van der Waals surface area contributed by atoms with Crippen LogP contribution in [-0.4, -0.2) is 34.6 Å². The lowest BCUT2D eigenvalue weighted by molar-refractivity contribution is -0.122. The molecule has 1 fully saturated rings. The molecule has 7 heteroatoms. The topological polar surface area (TPSA) is 123 Å². The SMILES string of the molecule is CC1CCC(C(N)=O)CN1c1ncc(C(=O)O)cc1N. The number of hydrogen-bond acceptors (Lipinski definition) is 5. The highest BCUT2D eigenvalue weighted by Gasteiger charge is 2.30. The number of carbonyl (C=O) groups is 2. The molecule has 0 aliphatic carbocycles. The van der Waals surface area contributed by atoms with Gasteiger partial charge in [-0.05, 0) is 25.8 Å². The molecule has 0 aromatic carbocycles. The molecule has 1 amide bonds. The Kier molecular flexibility index (Phi) is 3.78. The van der Waals surface area contributed by atoms with E-state index in [1.165, 1.54) is 12.3 Å². The number of rotatable bonds is 3. The second kappa shape index (κ2) is 5.36. The normalized spacial score (nSPS) is 22.6. The van der Waals surface area contributed by atoms with Gasteiger partial charge in [-0.25, -0.2) is 9.78 Å². The van der Waals surface area contributed by atoms with E-state index in [1.54, 1.807) is 0 Å². The Morgan fingerprint density at radius 1 is 1.45 bits per heavy atom. The third-order valence-electron chi connectivity index (χ3n) is 3.70. The van der Waals surface area contributed by atoms with Crippen LogP contribution in [0.2, 0.25) is 0 Å². The van der Waals surface area contributed by atoms with Gasteiger partial charge in [-0.3, -0.25) is 4.79 Å². The maximum atomic E-state index is 11.3. The molecule has 2 rings (SSSR count). The highest BCUT2D eigenvalue weighted by Crippen LogP contribution is 2.30. The van der Waals surface area contributed by atoms with Gasteiger partial charge in [-0.15, -0.1) is 0 Å². The first-order valence-corrected chi connectivity index (χ1v) is 6.45. The Morgan fingerprint density at radius 3 is 2.70 bits per heavy atom. The van der Waals surface area contributed by atoms with E-state index >= 15 is 0 Å². The Labute approximate surface area is 116 Å². The summed E-state index contributed by atoms with van der Waals surface area (Å²) in [6.07, 6.45) is 2.84. The van der Waals surface area contributed by atoms with Crippen molar-refractivity contribution in [1.82, 2.24) is 4.98 Å². The summed E-state index contributed by atoms with van der Waals surface area (Å²) in [7, 11) is 0. The fourth-order valence-electron chi connectivity index (χ4n) is 2.47. The van der Waals surface area contributed by atoms with E-state index in [4.69, 9.17) is 16.6 Å². The molecule has 1 aromatic rings. The monoisotopic (exact) mass is 278 g/mol. The van der Waals surface area contributed by atoms with Crippen LogP contribution in [0.4, 0.5) is 11.5 Å². The molecule has 0 spiro atoms. The van der Waals surface area contributed by atoms with Crippen molar-refractivity contribution < 1.29 is 14.7 Å². The second-order valence-electron chi connectivity index (χ2n) is 5.12. The van der Waals surface area contributed by atoms with Gasteiger partial charge in [0.2, 0.25) is 5.91 Å². The van der Waals surface area contributed by atoms with Crippen LogP contribution in [0.15, 0.2) is 12.3 Å². The molecule has 20 heavy (non-hydrogen) atoms. The smallest absolute Gasteiger partial charge is 0.337 e. The second-order valence-corrected chi connectivity index (χ2v) is 5.12. The summed E-state index contributed by atoms with van der Waals surface area (Å²) in [5.41, 5.74) is 11.6. The molecule has 0 bridgehead atoms. The molecule has 2 heterocycles. The van der Waals surface area contributed by atoms with Crippen molar-refractivity contribution in [2.75, 3.05) is 17.2 Å². The standard InChI is InChI=1S/C13H18N4O3/c1-7-2-3-8(11(15)18)6-17(7)12-10(14)4-9(5-16-12)13(19)20/h4-5,7-8H,2-3,6,14H2,1H3,(H2,15,18)(H,19,20). The maximum Gasteiger partial charge on any atom is 0.337 e. The van der Waals surface area contributed by atoms with Crippen LogP contribution in [0.25, 0.3) is 0 Å². The predicted octanol–water partition coefficient (Wildman–Crippen LogP) is 0.452. The van der Waals surface area contributed by atoms with Gasteiger partial charge < -0.3 is 21.5 Å². The van der Waals surface area contributed by atoms with Crippen LogP contribution in [0.1, 0.15) is 30.1 Å². The number of pyridine rings is 1. The average Bonchev–Trinajstić information content (AvgIpc) is 2.39. The molecule has 1 aliphatic heterocycles. The molecule has 0 radical (unpaired) electrons. The van der Waals surface area contributed by atoms with Gasteiger partial charge in [-0.1, -0.05) is 0 Å². The van der Waals surface area contributed by atoms with Crippen LogP contribution in [0.5, 0.6) is 0 Å². The van der Waals surface area contributed by atoms with Gasteiger partial charge in [0.1, 0.15) is 0 Å². The van der Waals surface area contributed by atoms with E-state index in [9.17, 15) is 9.59 Å². The zero-order valence-corrected chi connectivity index (χ0v) is 11.2. The van der Waals surface area contributed by atoms with Crippen LogP contribution in [-0.2, 0) is 4.79 Å². The largest absolute Gasteiger partial charge is 0.478 e. The number of primary amides is 1. The van der Waals surface area contributed by atoms with E-state index in [0.717, 1.165) is 12.8 Å². The van der Waals surface area contributed by atoms with Gasteiger partial charge in [0, 0.05) is 18.8 Å². The minimum Gasteiger partial charge on any atom is -0.478 e. The number of nitrogens with zero attached hydrogens (tertiary/aromatic N) is 2. The van der Waals surface area contributed by atoms with Crippen LogP contribution < -0.4 is 16.4 Å².